The lowest BCUT2D eigenvalue weighted by Gasteiger charge is -2.34. The highest BCUT2D eigenvalue weighted by Crippen LogP contribution is 2.36. The van der Waals surface area contributed by atoms with Crippen LogP contribution in [0.1, 0.15) is 35.1 Å². The fourth-order valence-corrected chi connectivity index (χ4v) is 3.70. The van der Waals surface area contributed by atoms with Gasteiger partial charge in [-0.15, -0.1) is 0 Å². The van der Waals surface area contributed by atoms with E-state index in [1.165, 1.54) is 9.58 Å². The van der Waals surface area contributed by atoms with E-state index >= 15 is 0 Å². The highest BCUT2D eigenvalue weighted by molar-refractivity contribution is 6.07. The van der Waals surface area contributed by atoms with Crippen molar-refractivity contribution in [3.05, 3.63) is 71.5 Å². The number of fused-ring (bicyclic) bond motifs is 1. The Labute approximate surface area is 185 Å². The largest absolute Gasteiger partial charge is 0.478 e. The van der Waals surface area contributed by atoms with Gasteiger partial charge in [0.25, 0.3) is 11.8 Å². The quantitative estimate of drug-likeness (QED) is 0.668. The molecule has 0 aliphatic carbocycles. The van der Waals surface area contributed by atoms with E-state index in [1.807, 2.05) is 38.1 Å². The second kappa shape index (κ2) is 8.66. The number of nitrogens with zero attached hydrogens (tertiary/aromatic N) is 3. The Balaban J connectivity index is 1.66. The summed E-state index contributed by atoms with van der Waals surface area (Å²) < 4.78 is 7.16. The van der Waals surface area contributed by atoms with Crippen LogP contribution in [0.3, 0.4) is 0 Å². The number of aryl methyl sites for hydroxylation is 2. The third-order valence-electron chi connectivity index (χ3n) is 5.24. The highest BCUT2D eigenvalue weighted by atomic mass is 16.5. The second-order valence-corrected chi connectivity index (χ2v) is 7.68. The molecule has 0 saturated heterocycles. The molecular weight excluding hydrogens is 408 g/mol. The van der Waals surface area contributed by atoms with Crippen molar-refractivity contribution in [1.29, 1.82) is 0 Å². The van der Waals surface area contributed by atoms with E-state index in [0.29, 0.717) is 34.8 Å². The SMILES string of the molecule is CCC1Oc2ccc(C(=O)n3nc(C)cc3C)cc2N(CC(=O)Nc2ccccc2)C1=O. The minimum Gasteiger partial charge on any atom is -0.478 e. The Kier molecular flexibility index (Phi) is 5.77. The Morgan fingerprint density at radius 3 is 2.50 bits per heavy atom. The Morgan fingerprint density at radius 1 is 1.09 bits per heavy atom. The molecule has 2 heterocycles. The Morgan fingerprint density at radius 2 is 1.84 bits per heavy atom. The molecule has 164 valence electrons. The molecule has 2 amide bonds. The number of rotatable bonds is 5. The molecule has 3 aromatic rings. The molecule has 32 heavy (non-hydrogen) atoms. The van der Waals surface area contributed by atoms with Crippen molar-refractivity contribution in [2.45, 2.75) is 33.3 Å². The van der Waals surface area contributed by atoms with Gasteiger partial charge in [0.05, 0.1) is 11.4 Å². The first-order chi connectivity index (χ1) is 15.4. The van der Waals surface area contributed by atoms with E-state index in [0.717, 1.165) is 5.69 Å². The maximum atomic E-state index is 13.0. The number of carbonyl (C=O) groups is 3. The van der Waals surface area contributed by atoms with Crippen molar-refractivity contribution in [1.82, 2.24) is 9.78 Å². The van der Waals surface area contributed by atoms with Crippen LogP contribution in [0.25, 0.3) is 0 Å². The van der Waals surface area contributed by atoms with Gasteiger partial charge >= 0.3 is 0 Å². The van der Waals surface area contributed by atoms with Crippen LogP contribution in [0.2, 0.25) is 0 Å². The molecule has 8 nitrogen and oxygen atoms in total. The number of carbonyl (C=O) groups excluding carboxylic acids is 3. The standard InChI is InChI=1S/C24H24N4O4/c1-4-20-24(31)27(14-22(29)25-18-8-6-5-7-9-18)19-13-17(10-11-21(19)32-20)23(30)28-16(3)12-15(2)26-28/h5-13,20H,4,14H2,1-3H3,(H,25,29). The lowest BCUT2D eigenvalue weighted by molar-refractivity contribution is -0.128. The Bertz CT molecular complexity index is 1190. The maximum Gasteiger partial charge on any atom is 0.278 e. The normalized spacial score (nSPS) is 15.2. The van der Waals surface area contributed by atoms with Crippen LogP contribution in [0.5, 0.6) is 5.75 Å². The third-order valence-corrected chi connectivity index (χ3v) is 5.24. The first-order valence-corrected chi connectivity index (χ1v) is 10.4. The van der Waals surface area contributed by atoms with E-state index in [1.54, 1.807) is 37.3 Å². The summed E-state index contributed by atoms with van der Waals surface area (Å²) in [6, 6.07) is 15.7. The predicted molar refractivity (Wildman–Crippen MR) is 120 cm³/mol. The molecule has 1 unspecified atom stereocenters. The average molecular weight is 432 g/mol. The van der Waals surface area contributed by atoms with Gasteiger partial charge in [0.1, 0.15) is 12.3 Å². The zero-order chi connectivity index (χ0) is 22.8. The third kappa shape index (κ3) is 4.12. The zero-order valence-electron chi connectivity index (χ0n) is 18.2. The molecule has 4 rings (SSSR count). The molecule has 1 N–H and O–H groups in total. The van der Waals surface area contributed by atoms with Crippen molar-refractivity contribution in [2.75, 3.05) is 16.8 Å². The van der Waals surface area contributed by atoms with Gasteiger partial charge in [0.15, 0.2) is 6.10 Å². The number of para-hydroxylation sites is 1. The number of aromatic nitrogens is 2. The van der Waals surface area contributed by atoms with Gasteiger partial charge in [-0.3, -0.25) is 19.3 Å². The van der Waals surface area contributed by atoms with Crippen LogP contribution in [0, 0.1) is 13.8 Å². The van der Waals surface area contributed by atoms with E-state index in [4.69, 9.17) is 4.74 Å². The number of nitrogens with one attached hydrogen (secondary N) is 1. The highest BCUT2D eigenvalue weighted by Gasteiger charge is 2.35. The summed E-state index contributed by atoms with van der Waals surface area (Å²) in [5, 5.41) is 7.04. The minimum atomic E-state index is -0.690. The first kappa shape index (κ1) is 21.3. The number of anilines is 2. The van der Waals surface area contributed by atoms with Crippen LogP contribution >= 0.6 is 0 Å². The van der Waals surface area contributed by atoms with Crippen molar-refractivity contribution in [2.24, 2.45) is 0 Å². The molecule has 0 saturated carbocycles. The number of ether oxygens (including phenoxy) is 1. The van der Waals surface area contributed by atoms with Gasteiger partial charge in [-0.2, -0.15) is 5.10 Å². The summed E-state index contributed by atoms with van der Waals surface area (Å²) in [7, 11) is 0. The summed E-state index contributed by atoms with van der Waals surface area (Å²) in [5.41, 5.74) is 2.81. The molecule has 8 heteroatoms. The van der Waals surface area contributed by atoms with Crippen LogP contribution in [0.4, 0.5) is 11.4 Å². The monoisotopic (exact) mass is 432 g/mol. The number of hydrogen-bond donors (Lipinski definition) is 1. The molecule has 0 fully saturated rings. The van der Waals surface area contributed by atoms with Gasteiger partial charge < -0.3 is 10.1 Å². The fourth-order valence-electron chi connectivity index (χ4n) is 3.70. The first-order valence-electron chi connectivity index (χ1n) is 10.4. The lowest BCUT2D eigenvalue weighted by Crippen LogP contribution is -2.48. The van der Waals surface area contributed by atoms with Crippen molar-refractivity contribution >= 4 is 29.1 Å². The molecule has 0 radical (unpaired) electrons. The van der Waals surface area contributed by atoms with E-state index in [2.05, 4.69) is 10.4 Å². The van der Waals surface area contributed by atoms with Crippen molar-refractivity contribution < 1.29 is 19.1 Å². The van der Waals surface area contributed by atoms with Gasteiger partial charge in [0.2, 0.25) is 5.91 Å². The van der Waals surface area contributed by atoms with Crippen molar-refractivity contribution in [3.8, 4) is 5.75 Å². The average Bonchev–Trinajstić information content (AvgIpc) is 3.13. The summed E-state index contributed by atoms with van der Waals surface area (Å²) in [4.78, 5) is 40.1. The molecular formula is C24H24N4O4. The van der Waals surface area contributed by atoms with Crippen LogP contribution < -0.4 is 15.0 Å². The van der Waals surface area contributed by atoms with Gasteiger partial charge in [-0.25, -0.2) is 4.68 Å². The zero-order valence-corrected chi connectivity index (χ0v) is 18.2. The smallest absolute Gasteiger partial charge is 0.278 e. The van der Waals surface area contributed by atoms with Gasteiger partial charge in [0, 0.05) is 16.9 Å². The summed E-state index contributed by atoms with van der Waals surface area (Å²) in [6.07, 6.45) is -0.230. The molecule has 1 aliphatic heterocycles. The van der Waals surface area contributed by atoms with Crippen molar-refractivity contribution in [3.63, 3.8) is 0 Å². The molecule has 0 spiro atoms. The number of amides is 2. The summed E-state index contributed by atoms with van der Waals surface area (Å²) in [5.74, 6) is -0.535. The van der Waals surface area contributed by atoms with E-state index in [-0.39, 0.29) is 24.3 Å². The van der Waals surface area contributed by atoms with Crippen LogP contribution in [0.15, 0.2) is 54.6 Å². The maximum absolute atomic E-state index is 13.0. The predicted octanol–water partition coefficient (Wildman–Crippen LogP) is 3.33. The van der Waals surface area contributed by atoms with Crippen LogP contribution in [-0.2, 0) is 9.59 Å². The van der Waals surface area contributed by atoms with Crippen LogP contribution in [-0.4, -0.2) is 40.2 Å². The Hall–Kier alpha value is -3.94. The van der Waals surface area contributed by atoms with Gasteiger partial charge in [-0.1, -0.05) is 25.1 Å². The number of hydrogen-bond acceptors (Lipinski definition) is 5. The molecule has 1 atom stereocenters. The molecule has 1 aliphatic rings. The van der Waals surface area contributed by atoms with E-state index < -0.39 is 6.10 Å². The lowest BCUT2D eigenvalue weighted by atomic mass is 10.1. The number of benzene rings is 2. The second-order valence-electron chi connectivity index (χ2n) is 7.68. The summed E-state index contributed by atoms with van der Waals surface area (Å²) >= 11 is 0. The van der Waals surface area contributed by atoms with Gasteiger partial charge in [-0.05, 0) is 56.7 Å². The topological polar surface area (TPSA) is 93.5 Å². The molecule has 0 bridgehead atoms. The van der Waals surface area contributed by atoms with E-state index in [9.17, 15) is 14.4 Å². The summed E-state index contributed by atoms with van der Waals surface area (Å²) in [6.45, 7) is 5.26. The fraction of sp³-hybridized carbons (Fsp3) is 0.250. The molecule has 2 aromatic carbocycles. The minimum absolute atomic E-state index is 0.196. The molecule has 1 aromatic heterocycles.